The molecule has 0 aliphatic carbocycles. The lowest BCUT2D eigenvalue weighted by Gasteiger charge is -2.27. The second kappa shape index (κ2) is 15.6. The maximum Gasteiger partial charge on any atom is 0.422 e. The number of benzene rings is 1. The van der Waals surface area contributed by atoms with Gasteiger partial charge in [0.1, 0.15) is 11.4 Å². The molecule has 1 aromatic carbocycles. The molecule has 2 aliphatic heterocycles. The van der Waals surface area contributed by atoms with E-state index in [4.69, 9.17) is 9.47 Å². The van der Waals surface area contributed by atoms with Crippen LogP contribution in [0.2, 0.25) is 0 Å². The zero-order chi connectivity index (χ0) is 30.6. The molecule has 1 aromatic heterocycles. The normalized spacial score (nSPS) is 16.7. The van der Waals surface area contributed by atoms with Crippen molar-refractivity contribution in [3.8, 4) is 6.01 Å². The summed E-state index contributed by atoms with van der Waals surface area (Å²) in [4.78, 5) is 27.1. The Morgan fingerprint density at radius 1 is 0.905 bits per heavy atom. The van der Waals surface area contributed by atoms with Gasteiger partial charge < -0.3 is 25.0 Å². The third-order valence-corrected chi connectivity index (χ3v) is 6.42. The van der Waals surface area contributed by atoms with Crippen LogP contribution < -0.4 is 15.4 Å². The lowest BCUT2D eigenvalue weighted by Crippen LogP contribution is -2.38. The van der Waals surface area contributed by atoms with Crippen LogP contribution in [0.5, 0.6) is 6.01 Å². The molecule has 0 radical (unpaired) electrons. The second-order valence-corrected chi connectivity index (χ2v) is 11.4. The number of amides is 1. The van der Waals surface area contributed by atoms with E-state index in [1.165, 1.54) is 0 Å². The van der Waals surface area contributed by atoms with Crippen molar-refractivity contribution in [3.05, 3.63) is 47.8 Å². The van der Waals surface area contributed by atoms with Crippen molar-refractivity contribution >= 4 is 17.7 Å². The molecule has 2 aromatic rings. The molecular weight excluding hydrogens is 549 g/mol. The molecule has 0 fully saturated rings. The average molecular weight is 593 g/mol. The highest BCUT2D eigenvalue weighted by atomic mass is 19.4. The van der Waals surface area contributed by atoms with Crippen LogP contribution >= 0.6 is 0 Å². The van der Waals surface area contributed by atoms with Crippen molar-refractivity contribution in [3.63, 3.8) is 0 Å². The number of aromatic nitrogens is 3. The smallest absolute Gasteiger partial charge is 0.422 e. The van der Waals surface area contributed by atoms with E-state index in [9.17, 15) is 18.0 Å². The van der Waals surface area contributed by atoms with Crippen molar-refractivity contribution in [1.82, 2.24) is 25.2 Å². The Morgan fingerprint density at radius 2 is 1.55 bits per heavy atom. The molecule has 12 heteroatoms. The average Bonchev–Trinajstić information content (AvgIpc) is 2.90. The molecule has 232 valence electrons. The predicted octanol–water partition coefficient (Wildman–Crippen LogP) is 6.36. The third-order valence-electron chi connectivity index (χ3n) is 6.42. The van der Waals surface area contributed by atoms with Crippen LogP contribution in [0.15, 0.2) is 30.8 Å². The number of alkyl halides is 3. The molecule has 4 bridgehead atoms. The molecule has 0 atom stereocenters. The van der Waals surface area contributed by atoms with Crippen LogP contribution in [0.4, 0.5) is 23.9 Å². The van der Waals surface area contributed by atoms with Crippen molar-refractivity contribution in [2.75, 3.05) is 38.1 Å². The van der Waals surface area contributed by atoms with Crippen LogP contribution in [0.25, 0.3) is 5.70 Å². The lowest BCUT2D eigenvalue weighted by molar-refractivity contribution is -0.154. The number of carbonyl (C=O) groups is 1. The number of carbonyl (C=O) groups excluding carboxylic acids is 1. The van der Waals surface area contributed by atoms with Crippen LogP contribution in [-0.4, -0.2) is 70.5 Å². The summed E-state index contributed by atoms with van der Waals surface area (Å²) in [6, 6.07) is 7.26. The van der Waals surface area contributed by atoms with E-state index in [-0.39, 0.29) is 18.1 Å². The van der Waals surface area contributed by atoms with Crippen molar-refractivity contribution in [2.45, 2.75) is 83.9 Å². The largest absolute Gasteiger partial charge is 0.454 e. The third kappa shape index (κ3) is 12.5. The van der Waals surface area contributed by atoms with E-state index in [0.29, 0.717) is 38.4 Å². The van der Waals surface area contributed by atoms with Crippen LogP contribution in [0, 0.1) is 0 Å². The second-order valence-electron chi connectivity index (χ2n) is 11.4. The molecule has 42 heavy (non-hydrogen) atoms. The first-order chi connectivity index (χ1) is 19.9. The topological polar surface area (TPSA) is 102 Å². The first kappa shape index (κ1) is 32.9. The van der Waals surface area contributed by atoms with Crippen LogP contribution in [0.3, 0.4) is 0 Å². The SMILES string of the molecule is C=C1NCCCN(C(=O)OC(C)(C)C)CCCCCCCCNc2nc(nc(OCC(F)(F)F)n2)Cc2ccc1cc2. The Hall–Kier alpha value is -3.57. The van der Waals surface area contributed by atoms with Crippen LogP contribution in [0.1, 0.15) is 82.7 Å². The highest BCUT2D eigenvalue weighted by Gasteiger charge is 2.29. The molecule has 0 saturated carbocycles. The van der Waals surface area contributed by atoms with Gasteiger partial charge in [0.2, 0.25) is 5.95 Å². The van der Waals surface area contributed by atoms with E-state index in [2.05, 4.69) is 32.2 Å². The zero-order valence-corrected chi connectivity index (χ0v) is 24.9. The molecule has 1 amide bonds. The summed E-state index contributed by atoms with van der Waals surface area (Å²) < 4.78 is 48.7. The van der Waals surface area contributed by atoms with Gasteiger partial charge in [0, 0.05) is 38.3 Å². The highest BCUT2D eigenvalue weighted by Crippen LogP contribution is 2.19. The fourth-order valence-electron chi connectivity index (χ4n) is 4.34. The summed E-state index contributed by atoms with van der Waals surface area (Å²) in [5, 5.41) is 6.43. The maximum atomic E-state index is 12.8. The van der Waals surface area contributed by atoms with Gasteiger partial charge in [-0.05, 0) is 51.2 Å². The molecule has 9 nitrogen and oxygen atoms in total. The van der Waals surface area contributed by atoms with E-state index < -0.39 is 18.4 Å². The number of ether oxygens (including phenoxy) is 2. The summed E-state index contributed by atoms with van der Waals surface area (Å²) >= 11 is 0. The van der Waals surface area contributed by atoms with Gasteiger partial charge in [-0.1, -0.05) is 56.5 Å². The molecule has 4 rings (SSSR count). The van der Waals surface area contributed by atoms with Gasteiger partial charge in [-0.25, -0.2) is 4.79 Å². The number of nitrogens with zero attached hydrogens (tertiary/aromatic N) is 4. The minimum absolute atomic E-state index is 0.187. The predicted molar refractivity (Wildman–Crippen MR) is 156 cm³/mol. The van der Waals surface area contributed by atoms with Crippen molar-refractivity contribution in [2.24, 2.45) is 0 Å². The lowest BCUT2D eigenvalue weighted by atomic mass is 10.1. The molecule has 3 heterocycles. The first-order valence-electron chi connectivity index (χ1n) is 14.6. The Bertz CT molecular complexity index is 1150. The first-order valence-corrected chi connectivity index (χ1v) is 14.6. The minimum atomic E-state index is -4.50. The summed E-state index contributed by atoms with van der Waals surface area (Å²) in [6.07, 6.45) is 2.00. The van der Waals surface area contributed by atoms with Gasteiger partial charge in [-0.2, -0.15) is 28.1 Å². The van der Waals surface area contributed by atoms with Crippen molar-refractivity contribution < 1.29 is 27.4 Å². The van der Waals surface area contributed by atoms with Gasteiger partial charge in [0.15, 0.2) is 6.61 Å². The molecule has 0 spiro atoms. The maximum absolute atomic E-state index is 12.8. The highest BCUT2D eigenvalue weighted by molar-refractivity contribution is 5.68. The fourth-order valence-corrected chi connectivity index (χ4v) is 4.34. The molecule has 2 aliphatic rings. The monoisotopic (exact) mass is 592 g/mol. The summed E-state index contributed by atoms with van der Waals surface area (Å²) in [6.45, 7) is 10.7. The van der Waals surface area contributed by atoms with Gasteiger partial charge in [0.25, 0.3) is 0 Å². The molecule has 2 N–H and O–H groups in total. The van der Waals surface area contributed by atoms with Crippen molar-refractivity contribution in [1.29, 1.82) is 0 Å². The minimum Gasteiger partial charge on any atom is -0.454 e. The number of fused-ring (bicyclic) bond motifs is 16. The molecule has 0 saturated heterocycles. The summed E-state index contributed by atoms with van der Waals surface area (Å²) in [5.74, 6) is 0.495. The van der Waals surface area contributed by atoms with E-state index in [1.54, 1.807) is 4.90 Å². The number of hydrogen-bond donors (Lipinski definition) is 2. The van der Waals surface area contributed by atoms with E-state index in [1.807, 2.05) is 45.0 Å². The van der Waals surface area contributed by atoms with Gasteiger partial charge in [-0.3, -0.25) is 0 Å². The van der Waals surface area contributed by atoms with E-state index >= 15 is 0 Å². The van der Waals surface area contributed by atoms with Gasteiger partial charge >= 0.3 is 18.3 Å². The number of nitrogens with one attached hydrogen (secondary N) is 2. The Kier molecular flexibility index (Phi) is 12.2. The summed E-state index contributed by atoms with van der Waals surface area (Å²) in [5.41, 5.74) is 1.96. The molecule has 0 unspecified atom stereocenters. The number of rotatable bonds is 2. The number of hydrogen-bond acceptors (Lipinski definition) is 8. The Balaban J connectivity index is 1.70. The summed E-state index contributed by atoms with van der Waals surface area (Å²) in [7, 11) is 0. The number of anilines is 1. The van der Waals surface area contributed by atoms with E-state index in [0.717, 1.165) is 61.8 Å². The molecular formula is C30H43F3N6O3. The Morgan fingerprint density at radius 3 is 2.24 bits per heavy atom. The number of halogens is 3. The Labute approximate surface area is 246 Å². The zero-order valence-electron chi connectivity index (χ0n) is 24.9. The standard InChI is InChI=1S/C30H43F3N6O3/c1-22-24-14-12-23(13-15-24)20-25-36-26(38-27(37-25)41-21-30(31,32)33)35-16-9-7-5-6-8-10-18-39(19-11-17-34-22)28(40)42-29(2,3)4/h12-15,34H,1,5-11,16-21H2,2-4H3,(H,35,36,37,38). The van der Waals surface area contributed by atoms with Gasteiger partial charge in [-0.15, -0.1) is 0 Å². The quantitative estimate of drug-likeness (QED) is 0.416. The van der Waals surface area contributed by atoms with Gasteiger partial charge in [0.05, 0.1) is 0 Å². The fraction of sp³-hybridized carbons (Fsp3) is 0.600. The van der Waals surface area contributed by atoms with Crippen LogP contribution in [-0.2, 0) is 11.2 Å².